The second-order valence-corrected chi connectivity index (χ2v) is 6.17. The monoisotopic (exact) mass is 355 g/mol. The number of carbonyl (C=O) groups excluding carboxylic acids is 1. The van der Waals surface area contributed by atoms with Crippen molar-refractivity contribution < 1.29 is 136 Å². The molecule has 0 radical (unpaired) electrons. The zero-order valence-electron chi connectivity index (χ0n) is 12.3. The van der Waals surface area contributed by atoms with Crippen LogP contribution in [0.3, 0.4) is 0 Å². The molecule has 18 heavy (non-hydrogen) atoms. The fourth-order valence-electron chi connectivity index (χ4n) is 0.792. The smallest absolute Gasteiger partial charge is 1.00 e. The maximum atomic E-state index is 10.9. The largest absolute Gasteiger partial charge is 1.00 e. The van der Waals surface area contributed by atoms with Gasteiger partial charge in [0.15, 0.2) is 0 Å². The molecule has 12 heteroatoms. The maximum Gasteiger partial charge on any atom is 1.00 e. The summed E-state index contributed by atoms with van der Waals surface area (Å²) in [6, 6.07) is 0. The molecule has 0 aliphatic rings. The van der Waals surface area contributed by atoms with Gasteiger partial charge in [0.2, 0.25) is 5.91 Å². The van der Waals surface area contributed by atoms with Gasteiger partial charge in [0, 0.05) is 13.0 Å². The molecule has 0 heterocycles. The van der Waals surface area contributed by atoms with Crippen LogP contribution in [0, 0.1) is 0 Å². The molecule has 0 aromatic carbocycles. The summed E-state index contributed by atoms with van der Waals surface area (Å²) in [5.74, 6) is -1.78. The van der Waals surface area contributed by atoms with E-state index in [1.165, 1.54) is 0 Å². The minimum atomic E-state index is -4.17. The van der Waals surface area contributed by atoms with Crippen molar-refractivity contribution in [2.45, 2.75) is 12.8 Å². The van der Waals surface area contributed by atoms with Crippen LogP contribution in [0.25, 0.3) is 0 Å². The molecule has 0 rings (SSSR count). The summed E-state index contributed by atoms with van der Waals surface area (Å²) in [6.45, 7) is 0.00407. The summed E-state index contributed by atoms with van der Waals surface area (Å²) < 4.78 is 57.7. The van der Waals surface area contributed by atoms with Crippen LogP contribution in [-0.2, 0) is 25.0 Å². The van der Waals surface area contributed by atoms with Gasteiger partial charge in [-0.2, -0.15) is 16.8 Å². The fraction of sp³-hybridized carbons (Fsp3) is 0.833. The molecular weight excluding hydrogens is 340 g/mol. The van der Waals surface area contributed by atoms with Gasteiger partial charge in [-0.3, -0.25) is 13.9 Å². The topological polar surface area (TPSA) is 138 Å². The van der Waals surface area contributed by atoms with Gasteiger partial charge >= 0.3 is 103 Å². The number of amides is 1. The third kappa shape index (κ3) is 20.9. The summed E-state index contributed by atoms with van der Waals surface area (Å²) in [6.07, 6.45) is -0.374. The number of nitrogens with one attached hydrogen (secondary N) is 1. The van der Waals surface area contributed by atoms with Crippen molar-refractivity contribution in [3.8, 4) is 0 Å². The van der Waals surface area contributed by atoms with Crippen LogP contribution in [-0.4, -0.2) is 49.9 Å². The summed E-state index contributed by atoms with van der Waals surface area (Å²) in [5, 5.41) is 2.24. The molecule has 0 bridgehead atoms. The van der Waals surface area contributed by atoms with E-state index in [-0.39, 0.29) is 119 Å². The molecule has 8 nitrogen and oxygen atoms in total. The Bertz CT molecular complexity index is 442. The second-order valence-electron chi connectivity index (χ2n) is 3.03. The predicted molar refractivity (Wildman–Crippen MR) is 57.3 cm³/mol. The molecule has 0 unspecified atom stereocenters. The minimum absolute atomic E-state index is 0. The van der Waals surface area contributed by atoms with Gasteiger partial charge in [0.05, 0.1) is 11.5 Å². The first-order valence-electron chi connectivity index (χ1n) is 4.27. The van der Waals surface area contributed by atoms with Crippen molar-refractivity contribution in [2.24, 2.45) is 0 Å². The Morgan fingerprint density at radius 3 is 1.83 bits per heavy atom. The molecule has 3 N–H and O–H groups in total. The summed E-state index contributed by atoms with van der Waals surface area (Å²) in [4.78, 5) is 10.9. The summed E-state index contributed by atoms with van der Waals surface area (Å²) in [7, 11) is -8.21. The molecule has 0 aliphatic carbocycles. The molecule has 0 spiro atoms. The van der Waals surface area contributed by atoms with E-state index in [0.29, 0.717) is 0 Å². The molecule has 0 aliphatic heterocycles. The van der Waals surface area contributed by atoms with Gasteiger partial charge in [-0.1, -0.05) is 0 Å². The van der Waals surface area contributed by atoms with E-state index in [1.807, 2.05) is 0 Å². The van der Waals surface area contributed by atoms with E-state index in [0.717, 1.165) is 0 Å². The Morgan fingerprint density at radius 1 is 1.00 bits per heavy atom. The molecule has 0 aromatic heterocycles. The van der Waals surface area contributed by atoms with Gasteiger partial charge in [-0.05, 0) is 6.42 Å². The minimum Gasteiger partial charge on any atom is -1.00 e. The average Bonchev–Trinajstić information content (AvgIpc) is 2.06. The normalized spacial score (nSPS) is 11.0. The first-order chi connectivity index (χ1) is 7.10. The maximum absolute atomic E-state index is 10.9. The van der Waals surface area contributed by atoms with Crippen molar-refractivity contribution >= 4 is 26.1 Å². The van der Waals surface area contributed by atoms with Gasteiger partial charge in [0.1, 0.15) is 0 Å². The van der Waals surface area contributed by atoms with Crippen molar-refractivity contribution in [2.75, 3.05) is 18.1 Å². The van der Waals surface area contributed by atoms with E-state index in [2.05, 4.69) is 5.32 Å². The third-order valence-corrected chi connectivity index (χ3v) is 3.01. The van der Waals surface area contributed by atoms with Crippen LogP contribution in [0.4, 0.5) is 0 Å². The average molecular weight is 356 g/mol. The Labute approximate surface area is 194 Å². The zero-order chi connectivity index (χ0) is 12.8. The van der Waals surface area contributed by atoms with Gasteiger partial charge in [-0.15, -0.1) is 0 Å². The van der Waals surface area contributed by atoms with E-state index < -0.39 is 44.1 Å². The van der Waals surface area contributed by atoms with E-state index >= 15 is 0 Å². The third-order valence-electron chi connectivity index (χ3n) is 1.49. The standard InChI is InChI=1S/C6H13NO7S2.2K.2H/c8-6(2-5-16(12,13)14)7-3-1-4-15(9,10)11;;;;/h1-5H2,(H,7,8)(H,9,10,11)(H,12,13,14);;;;/q;2*+1;2*-1. The molecule has 1 amide bonds. The quantitative estimate of drug-likeness (QED) is 0.234. The van der Waals surface area contributed by atoms with Crippen LogP contribution in [0.2, 0.25) is 0 Å². The van der Waals surface area contributed by atoms with Crippen molar-refractivity contribution in [1.82, 2.24) is 5.32 Å². The Kier molecular flexibility index (Phi) is 17.2. The van der Waals surface area contributed by atoms with E-state index in [1.54, 1.807) is 0 Å². The SMILES string of the molecule is O=C(CCS(=O)(=O)O)NCCCS(=O)(=O)O.[H-].[H-].[K+].[K+]. The van der Waals surface area contributed by atoms with Crippen molar-refractivity contribution in [3.05, 3.63) is 0 Å². The molecule has 0 saturated carbocycles. The van der Waals surface area contributed by atoms with Gasteiger partial charge < -0.3 is 8.17 Å². The van der Waals surface area contributed by atoms with Crippen LogP contribution in [0.5, 0.6) is 0 Å². The Morgan fingerprint density at radius 2 is 1.44 bits per heavy atom. The fourth-order valence-corrected chi connectivity index (χ4v) is 1.74. The summed E-state index contributed by atoms with van der Waals surface area (Å²) in [5.41, 5.74) is 0. The molecule has 0 saturated heterocycles. The van der Waals surface area contributed by atoms with Gasteiger partial charge in [-0.25, -0.2) is 0 Å². The molecular formula is C6H15K2NO7S2. The number of hydrogen-bond acceptors (Lipinski definition) is 5. The first kappa shape index (κ1) is 25.5. The van der Waals surface area contributed by atoms with E-state index in [9.17, 15) is 21.6 Å². The van der Waals surface area contributed by atoms with Crippen LogP contribution in [0.1, 0.15) is 15.7 Å². The molecule has 0 fully saturated rings. The molecule has 0 aromatic rings. The Hall–Kier alpha value is 2.56. The predicted octanol–water partition coefficient (Wildman–Crippen LogP) is -7.11. The van der Waals surface area contributed by atoms with Crippen LogP contribution < -0.4 is 108 Å². The first-order valence-corrected chi connectivity index (χ1v) is 7.49. The number of carbonyl (C=O) groups is 1. The zero-order valence-corrected chi connectivity index (χ0v) is 18.2. The van der Waals surface area contributed by atoms with Crippen LogP contribution >= 0.6 is 0 Å². The van der Waals surface area contributed by atoms with Crippen molar-refractivity contribution in [3.63, 3.8) is 0 Å². The van der Waals surface area contributed by atoms with Crippen molar-refractivity contribution in [1.29, 1.82) is 0 Å². The Balaban J connectivity index is -0.000000187. The number of rotatable bonds is 7. The second kappa shape index (κ2) is 12.1. The van der Waals surface area contributed by atoms with Gasteiger partial charge in [0.25, 0.3) is 20.2 Å². The molecule has 0 atom stereocenters. The van der Waals surface area contributed by atoms with Crippen LogP contribution in [0.15, 0.2) is 0 Å². The number of hydrogen-bond donors (Lipinski definition) is 3. The van der Waals surface area contributed by atoms with E-state index in [4.69, 9.17) is 9.11 Å². The summed E-state index contributed by atoms with van der Waals surface area (Å²) >= 11 is 0. The molecule has 100 valence electrons.